The van der Waals surface area contributed by atoms with Gasteiger partial charge in [-0.2, -0.15) is 0 Å². The van der Waals surface area contributed by atoms with E-state index in [0.717, 1.165) is 76.0 Å². The molecule has 1 saturated carbocycles. The van der Waals surface area contributed by atoms with Gasteiger partial charge in [-0.3, -0.25) is 14.5 Å². The van der Waals surface area contributed by atoms with E-state index >= 15 is 0 Å². The lowest BCUT2D eigenvalue weighted by Crippen LogP contribution is -2.64. The molecule has 4 fully saturated rings. The van der Waals surface area contributed by atoms with Gasteiger partial charge in [-0.25, -0.2) is 4.79 Å². The van der Waals surface area contributed by atoms with Gasteiger partial charge in [0.15, 0.2) is 0 Å². The summed E-state index contributed by atoms with van der Waals surface area (Å²) in [5.41, 5.74) is 1.74. The Bertz CT molecular complexity index is 1330. The van der Waals surface area contributed by atoms with Crippen LogP contribution in [0.1, 0.15) is 74.6 Å². The highest BCUT2D eigenvalue weighted by Gasteiger charge is 2.43. The largest absolute Gasteiger partial charge is 0.465 e. The summed E-state index contributed by atoms with van der Waals surface area (Å²) in [5.74, 6) is -0.357. The third-order valence-electron chi connectivity index (χ3n) is 11.2. The number of likely N-dealkylation sites (tertiary alicyclic amines) is 2. The van der Waals surface area contributed by atoms with Gasteiger partial charge in [0.1, 0.15) is 6.04 Å². The molecule has 2 atom stereocenters. The number of piperazine rings is 1. The van der Waals surface area contributed by atoms with E-state index in [-0.39, 0.29) is 43.5 Å². The molecule has 0 unspecified atom stereocenters. The van der Waals surface area contributed by atoms with Crippen molar-refractivity contribution in [3.05, 3.63) is 58.3 Å². The number of rotatable bonds is 13. The maximum absolute atomic E-state index is 14.4. The van der Waals surface area contributed by atoms with Gasteiger partial charge in [0.2, 0.25) is 11.8 Å². The summed E-state index contributed by atoms with van der Waals surface area (Å²) in [6, 6.07) is 13.7. The molecule has 1 aromatic heterocycles. The number of benzene rings is 1. The van der Waals surface area contributed by atoms with E-state index in [4.69, 9.17) is 0 Å². The molecule has 3 amide bonds. The number of carbonyl (C=O) groups is 3. The molecule has 4 aliphatic rings. The predicted octanol–water partition coefficient (Wildman–Crippen LogP) is 4.61. The van der Waals surface area contributed by atoms with Crippen LogP contribution in [-0.4, -0.2) is 113 Å². The summed E-state index contributed by atoms with van der Waals surface area (Å²) < 4.78 is 0. The maximum atomic E-state index is 14.4. The Balaban J connectivity index is 1.08. The Morgan fingerprint density at radius 2 is 1.71 bits per heavy atom. The fourth-order valence-corrected chi connectivity index (χ4v) is 9.06. The number of carbonyl (C=O) groups excluding carboxylic acids is 2. The molecule has 2 aromatic rings. The van der Waals surface area contributed by atoms with Gasteiger partial charge in [0.25, 0.3) is 0 Å². The van der Waals surface area contributed by atoms with Crippen molar-refractivity contribution in [1.29, 1.82) is 0 Å². The van der Waals surface area contributed by atoms with Crippen LogP contribution in [0.25, 0.3) is 0 Å². The van der Waals surface area contributed by atoms with Crippen molar-refractivity contribution in [2.75, 3.05) is 52.4 Å². The SMILES string of the molecule is O=C(NCc1cccs1)[C@@H]1CN(C(=O)O)CCN1C(=O)[C@@H](CCCCN1CCCC1)NC1CCC2(CC1)CCN(Cc1ccccc1)C2. The van der Waals surface area contributed by atoms with E-state index in [2.05, 4.69) is 50.8 Å². The predicted molar refractivity (Wildman–Crippen MR) is 189 cm³/mol. The van der Waals surface area contributed by atoms with Crippen LogP contribution in [0.2, 0.25) is 0 Å². The quantitative estimate of drug-likeness (QED) is 0.266. The molecular formula is C37H54N6O4S. The lowest BCUT2D eigenvalue weighted by Gasteiger charge is -2.42. The summed E-state index contributed by atoms with van der Waals surface area (Å²) in [7, 11) is 0. The van der Waals surface area contributed by atoms with E-state index < -0.39 is 12.1 Å². The maximum Gasteiger partial charge on any atom is 0.407 e. The van der Waals surface area contributed by atoms with Crippen molar-refractivity contribution in [3.8, 4) is 0 Å². The number of carboxylic acid groups (broad SMARTS) is 1. The standard InChI is InChI=1S/C37H54N6O4S/c44-34(38-25-31-11-8-24-48-31)33-27-42(36(46)47)22-23-43(33)35(45)32(12-4-5-18-40-19-6-7-20-40)39-30-13-15-37(16-14-30)17-21-41(28-37)26-29-9-2-1-3-10-29/h1-3,8-11,24,30,32-33,39H,4-7,12-23,25-28H2,(H,38,44)(H,46,47)/t30?,32-,33+,37?/m1/s1. The normalized spacial score (nSPS) is 25.8. The minimum Gasteiger partial charge on any atom is -0.465 e. The summed E-state index contributed by atoms with van der Waals surface area (Å²) in [5, 5.41) is 18.5. The van der Waals surface area contributed by atoms with Gasteiger partial charge >= 0.3 is 6.09 Å². The highest BCUT2D eigenvalue weighted by Crippen LogP contribution is 2.44. The molecular weight excluding hydrogens is 625 g/mol. The molecule has 0 bridgehead atoms. The van der Waals surface area contributed by atoms with Crippen molar-refractivity contribution in [3.63, 3.8) is 0 Å². The first-order valence-electron chi connectivity index (χ1n) is 18.2. The molecule has 1 aromatic carbocycles. The van der Waals surface area contributed by atoms with Crippen LogP contribution < -0.4 is 10.6 Å². The summed E-state index contributed by atoms with van der Waals surface area (Å²) >= 11 is 1.56. The topological polar surface area (TPSA) is 108 Å². The van der Waals surface area contributed by atoms with Gasteiger partial charge < -0.3 is 30.4 Å². The molecule has 1 spiro atoms. The number of unbranched alkanes of at least 4 members (excludes halogenated alkanes) is 1. The van der Waals surface area contributed by atoms with Crippen LogP contribution in [0.4, 0.5) is 4.79 Å². The second kappa shape index (κ2) is 16.6. The molecule has 4 heterocycles. The average molecular weight is 679 g/mol. The summed E-state index contributed by atoms with van der Waals surface area (Å²) in [4.78, 5) is 48.9. The molecule has 3 N–H and O–H groups in total. The smallest absolute Gasteiger partial charge is 0.407 e. The number of nitrogens with zero attached hydrogens (tertiary/aromatic N) is 4. The molecule has 262 valence electrons. The highest BCUT2D eigenvalue weighted by molar-refractivity contribution is 7.09. The van der Waals surface area contributed by atoms with Crippen LogP contribution >= 0.6 is 11.3 Å². The first kappa shape index (κ1) is 34.9. The summed E-state index contributed by atoms with van der Waals surface area (Å²) in [6.07, 6.45) is 9.87. The van der Waals surface area contributed by atoms with Crippen molar-refractivity contribution in [2.24, 2.45) is 5.41 Å². The minimum atomic E-state index is -1.06. The van der Waals surface area contributed by atoms with E-state index in [1.807, 2.05) is 17.5 Å². The van der Waals surface area contributed by atoms with Crippen molar-refractivity contribution < 1.29 is 19.5 Å². The fraction of sp³-hybridized carbons (Fsp3) is 0.649. The Morgan fingerprint density at radius 1 is 0.917 bits per heavy atom. The first-order valence-corrected chi connectivity index (χ1v) is 19.1. The molecule has 3 saturated heterocycles. The second-order valence-corrected chi connectivity index (χ2v) is 15.6. The lowest BCUT2D eigenvalue weighted by atomic mass is 9.72. The van der Waals surface area contributed by atoms with E-state index in [0.29, 0.717) is 12.0 Å². The van der Waals surface area contributed by atoms with Gasteiger partial charge in [-0.1, -0.05) is 42.8 Å². The van der Waals surface area contributed by atoms with Gasteiger partial charge in [-0.05, 0) is 106 Å². The first-order chi connectivity index (χ1) is 23.4. The number of hydrogen-bond acceptors (Lipinski definition) is 7. The van der Waals surface area contributed by atoms with Gasteiger partial charge in [0, 0.05) is 37.1 Å². The molecule has 1 aliphatic carbocycles. The average Bonchev–Trinajstić information content (AvgIpc) is 3.90. The van der Waals surface area contributed by atoms with Crippen molar-refractivity contribution >= 4 is 29.2 Å². The van der Waals surface area contributed by atoms with Crippen LogP contribution in [0.5, 0.6) is 0 Å². The Hall–Kier alpha value is -2.99. The number of nitrogens with one attached hydrogen (secondary N) is 2. The summed E-state index contributed by atoms with van der Waals surface area (Å²) in [6.45, 7) is 7.49. The van der Waals surface area contributed by atoms with Crippen LogP contribution in [0.3, 0.4) is 0 Å². The molecule has 11 heteroatoms. The number of amides is 3. The zero-order valence-electron chi connectivity index (χ0n) is 28.4. The zero-order valence-corrected chi connectivity index (χ0v) is 29.2. The molecule has 3 aliphatic heterocycles. The van der Waals surface area contributed by atoms with Crippen LogP contribution in [-0.2, 0) is 22.7 Å². The fourth-order valence-electron chi connectivity index (χ4n) is 8.41. The van der Waals surface area contributed by atoms with E-state index in [1.165, 1.54) is 42.8 Å². The van der Waals surface area contributed by atoms with E-state index in [9.17, 15) is 19.5 Å². The van der Waals surface area contributed by atoms with Crippen LogP contribution in [0.15, 0.2) is 47.8 Å². The molecule has 48 heavy (non-hydrogen) atoms. The van der Waals surface area contributed by atoms with Crippen LogP contribution in [0, 0.1) is 5.41 Å². The van der Waals surface area contributed by atoms with Gasteiger partial charge in [-0.15, -0.1) is 11.3 Å². The lowest BCUT2D eigenvalue weighted by molar-refractivity contribution is -0.145. The number of thiophene rings is 1. The highest BCUT2D eigenvalue weighted by atomic mass is 32.1. The third-order valence-corrected chi connectivity index (χ3v) is 12.1. The number of hydrogen-bond donors (Lipinski definition) is 3. The molecule has 6 rings (SSSR count). The Morgan fingerprint density at radius 3 is 2.44 bits per heavy atom. The van der Waals surface area contributed by atoms with E-state index in [1.54, 1.807) is 16.2 Å². The van der Waals surface area contributed by atoms with Crippen molar-refractivity contribution in [2.45, 2.75) is 95.4 Å². The Kier molecular flexibility index (Phi) is 12.1. The monoisotopic (exact) mass is 678 g/mol. The van der Waals surface area contributed by atoms with Gasteiger partial charge in [0.05, 0.1) is 19.1 Å². The molecule has 10 nitrogen and oxygen atoms in total. The second-order valence-electron chi connectivity index (χ2n) is 14.6. The third kappa shape index (κ3) is 9.16. The molecule has 0 radical (unpaired) electrons. The van der Waals surface area contributed by atoms with Crippen molar-refractivity contribution in [1.82, 2.24) is 30.2 Å². The Labute approximate surface area is 289 Å². The zero-order chi connectivity index (χ0) is 33.3. The minimum absolute atomic E-state index is 0.00947.